The molecular formula is C23H30N4O3. The van der Waals surface area contributed by atoms with Crippen molar-refractivity contribution in [1.82, 2.24) is 10.6 Å². The highest BCUT2D eigenvalue weighted by atomic mass is 16.2. The van der Waals surface area contributed by atoms with E-state index in [1.165, 1.54) is 19.3 Å². The molecule has 0 aromatic heterocycles. The zero-order valence-corrected chi connectivity index (χ0v) is 17.3. The molecular weight excluding hydrogens is 380 g/mol. The molecule has 0 bridgehead atoms. The van der Waals surface area contributed by atoms with Gasteiger partial charge in [-0.25, -0.2) is 0 Å². The maximum atomic E-state index is 12.9. The normalized spacial score (nSPS) is 20.2. The van der Waals surface area contributed by atoms with Crippen LogP contribution in [0, 0.1) is 23.2 Å². The fraction of sp³-hybridized carbons (Fsp3) is 0.565. The van der Waals surface area contributed by atoms with Gasteiger partial charge in [-0.1, -0.05) is 31.4 Å². The van der Waals surface area contributed by atoms with Gasteiger partial charge in [0.15, 0.2) is 5.78 Å². The summed E-state index contributed by atoms with van der Waals surface area (Å²) in [6.45, 7) is 0.837. The van der Waals surface area contributed by atoms with E-state index in [0.717, 1.165) is 12.8 Å². The monoisotopic (exact) mass is 410 g/mol. The van der Waals surface area contributed by atoms with Crippen molar-refractivity contribution in [1.29, 1.82) is 5.26 Å². The van der Waals surface area contributed by atoms with Crippen LogP contribution < -0.4 is 16.0 Å². The van der Waals surface area contributed by atoms with Crippen LogP contribution in [-0.2, 0) is 9.59 Å². The third-order valence-corrected chi connectivity index (χ3v) is 6.00. The third-order valence-electron chi connectivity index (χ3n) is 6.00. The van der Waals surface area contributed by atoms with Crippen molar-refractivity contribution < 1.29 is 14.4 Å². The maximum absolute atomic E-state index is 12.9. The number of rotatable bonds is 9. The van der Waals surface area contributed by atoms with Crippen LogP contribution in [0.1, 0.15) is 61.7 Å². The number of para-hydroxylation sites is 1. The summed E-state index contributed by atoms with van der Waals surface area (Å²) in [5.41, 5.74) is 0.868. The lowest BCUT2D eigenvalue weighted by atomic mass is 9.89. The average molecular weight is 411 g/mol. The molecule has 3 rings (SSSR count). The van der Waals surface area contributed by atoms with Gasteiger partial charge in [0.2, 0.25) is 11.8 Å². The topological polar surface area (TPSA) is 111 Å². The standard InChI is InChI=1S/C23H30N4O3/c24-14-16(12-17-10-11-25-23(17)30)13-21(28)19-8-4-5-9-20(19)27-22(29)15-26-18-6-2-1-3-7-18/h4-5,8-9,16-18,26H,1-3,6-7,10-13,15H2,(H,25,30)(H,27,29)/t16-,17?/m1/s1. The molecule has 2 atom stereocenters. The highest BCUT2D eigenvalue weighted by molar-refractivity contribution is 6.05. The smallest absolute Gasteiger partial charge is 0.238 e. The Kier molecular flexibility index (Phi) is 7.97. The highest BCUT2D eigenvalue weighted by Gasteiger charge is 2.28. The molecule has 7 nitrogen and oxygen atoms in total. The van der Waals surface area contributed by atoms with E-state index in [4.69, 9.17) is 0 Å². The van der Waals surface area contributed by atoms with Crippen molar-refractivity contribution in [3.8, 4) is 6.07 Å². The van der Waals surface area contributed by atoms with Crippen molar-refractivity contribution in [2.24, 2.45) is 11.8 Å². The molecule has 30 heavy (non-hydrogen) atoms. The lowest BCUT2D eigenvalue weighted by Gasteiger charge is -2.22. The minimum absolute atomic E-state index is 0.0352. The lowest BCUT2D eigenvalue weighted by molar-refractivity contribution is -0.122. The molecule has 1 aromatic rings. The van der Waals surface area contributed by atoms with Crippen LogP contribution in [0.2, 0.25) is 0 Å². The number of ketones is 1. The summed E-state index contributed by atoms with van der Waals surface area (Å²) >= 11 is 0. The van der Waals surface area contributed by atoms with Gasteiger partial charge in [-0.15, -0.1) is 0 Å². The van der Waals surface area contributed by atoms with Gasteiger partial charge < -0.3 is 16.0 Å². The molecule has 1 saturated heterocycles. The molecule has 0 spiro atoms. The van der Waals surface area contributed by atoms with E-state index in [1.54, 1.807) is 24.3 Å². The van der Waals surface area contributed by atoms with Crippen LogP contribution in [0.15, 0.2) is 24.3 Å². The van der Waals surface area contributed by atoms with E-state index in [1.807, 2.05) is 0 Å². The average Bonchev–Trinajstić information content (AvgIpc) is 3.17. The first-order chi connectivity index (χ1) is 14.6. The summed E-state index contributed by atoms with van der Waals surface area (Å²) in [7, 11) is 0. The molecule has 2 aliphatic rings. The van der Waals surface area contributed by atoms with Crippen molar-refractivity contribution in [3.63, 3.8) is 0 Å². The molecule has 1 heterocycles. The number of carbonyl (C=O) groups excluding carboxylic acids is 3. The van der Waals surface area contributed by atoms with Gasteiger partial charge in [0.25, 0.3) is 0 Å². The molecule has 1 unspecified atom stereocenters. The van der Waals surface area contributed by atoms with E-state index < -0.39 is 5.92 Å². The van der Waals surface area contributed by atoms with Crippen LogP contribution in [-0.4, -0.2) is 36.7 Å². The van der Waals surface area contributed by atoms with Gasteiger partial charge in [-0.3, -0.25) is 14.4 Å². The Hall–Kier alpha value is -2.72. The lowest BCUT2D eigenvalue weighted by Crippen LogP contribution is -2.37. The molecule has 2 fully saturated rings. The first-order valence-electron chi connectivity index (χ1n) is 10.9. The number of nitriles is 1. The Morgan fingerprint density at radius 3 is 2.63 bits per heavy atom. The van der Waals surface area contributed by atoms with Crippen LogP contribution in [0.25, 0.3) is 0 Å². The number of amides is 2. The van der Waals surface area contributed by atoms with Crippen molar-refractivity contribution in [2.45, 2.75) is 57.4 Å². The fourth-order valence-electron chi connectivity index (χ4n) is 4.30. The van der Waals surface area contributed by atoms with Crippen molar-refractivity contribution in [2.75, 3.05) is 18.4 Å². The summed E-state index contributed by atoms with van der Waals surface area (Å²) in [4.78, 5) is 37.0. The van der Waals surface area contributed by atoms with Crippen LogP contribution in [0.4, 0.5) is 5.69 Å². The second kappa shape index (κ2) is 10.9. The number of hydrogen-bond acceptors (Lipinski definition) is 5. The molecule has 7 heteroatoms. The molecule has 160 valence electrons. The van der Waals surface area contributed by atoms with Crippen LogP contribution >= 0.6 is 0 Å². The maximum Gasteiger partial charge on any atom is 0.238 e. The van der Waals surface area contributed by atoms with Crippen LogP contribution in [0.3, 0.4) is 0 Å². The second-order valence-electron chi connectivity index (χ2n) is 8.28. The molecule has 0 radical (unpaired) electrons. The SMILES string of the molecule is N#C[C@@H](CC(=O)c1ccccc1NC(=O)CNC1CCCCC1)CC1CCNC1=O. The predicted molar refractivity (Wildman–Crippen MR) is 114 cm³/mol. The fourth-order valence-corrected chi connectivity index (χ4v) is 4.30. The van der Waals surface area contributed by atoms with Gasteiger partial charge in [0.05, 0.1) is 24.2 Å². The number of hydrogen-bond donors (Lipinski definition) is 3. The highest BCUT2D eigenvalue weighted by Crippen LogP contribution is 2.25. The zero-order valence-electron chi connectivity index (χ0n) is 17.3. The first kappa shape index (κ1) is 22.0. The molecule has 1 aliphatic carbocycles. The van der Waals surface area contributed by atoms with Crippen LogP contribution in [0.5, 0.6) is 0 Å². The van der Waals surface area contributed by atoms with Gasteiger partial charge in [0, 0.05) is 30.5 Å². The minimum Gasteiger partial charge on any atom is -0.356 e. The Labute approximate surface area is 177 Å². The Bertz CT molecular complexity index is 811. The number of nitrogens with zero attached hydrogens (tertiary/aromatic N) is 1. The quantitative estimate of drug-likeness (QED) is 0.542. The number of benzene rings is 1. The molecule has 1 saturated carbocycles. The van der Waals surface area contributed by atoms with E-state index >= 15 is 0 Å². The summed E-state index contributed by atoms with van der Waals surface area (Å²) in [6.07, 6.45) is 6.95. The first-order valence-corrected chi connectivity index (χ1v) is 10.9. The second-order valence-corrected chi connectivity index (χ2v) is 8.28. The Balaban J connectivity index is 1.56. The Morgan fingerprint density at radius 1 is 1.17 bits per heavy atom. The van der Waals surface area contributed by atoms with Gasteiger partial charge >= 0.3 is 0 Å². The van der Waals surface area contributed by atoms with E-state index in [9.17, 15) is 19.6 Å². The van der Waals surface area contributed by atoms with E-state index in [2.05, 4.69) is 22.0 Å². The van der Waals surface area contributed by atoms with Crippen molar-refractivity contribution >= 4 is 23.3 Å². The van der Waals surface area contributed by atoms with Crippen molar-refractivity contribution in [3.05, 3.63) is 29.8 Å². The summed E-state index contributed by atoms with van der Waals surface area (Å²) in [6, 6.07) is 9.44. The molecule has 1 aromatic carbocycles. The third kappa shape index (κ3) is 6.14. The number of Topliss-reactive ketones (excluding diaryl/α,β-unsaturated/α-hetero) is 1. The summed E-state index contributed by atoms with van der Waals surface area (Å²) in [5, 5.41) is 18.4. The largest absolute Gasteiger partial charge is 0.356 e. The van der Waals surface area contributed by atoms with Gasteiger partial charge in [-0.05, 0) is 37.8 Å². The molecule has 1 aliphatic heterocycles. The molecule has 3 N–H and O–H groups in total. The van der Waals surface area contributed by atoms with E-state index in [-0.39, 0.29) is 36.5 Å². The van der Waals surface area contributed by atoms with E-state index in [0.29, 0.717) is 36.7 Å². The Morgan fingerprint density at radius 2 is 1.93 bits per heavy atom. The number of nitrogens with one attached hydrogen (secondary N) is 3. The summed E-state index contributed by atoms with van der Waals surface area (Å²) in [5.74, 6) is -1.15. The number of anilines is 1. The number of carbonyl (C=O) groups is 3. The van der Waals surface area contributed by atoms with Gasteiger partial charge in [-0.2, -0.15) is 5.26 Å². The minimum atomic E-state index is -0.525. The van der Waals surface area contributed by atoms with Gasteiger partial charge in [0.1, 0.15) is 0 Å². The molecule has 2 amide bonds. The predicted octanol–water partition coefficient (Wildman–Crippen LogP) is 2.79. The zero-order chi connectivity index (χ0) is 21.3. The summed E-state index contributed by atoms with van der Waals surface area (Å²) < 4.78 is 0.